The van der Waals surface area contributed by atoms with E-state index in [1.165, 1.54) is 58.5 Å². The first-order valence-electron chi connectivity index (χ1n) is 9.76. The Morgan fingerprint density at radius 1 is 0.958 bits per heavy atom. The molecule has 138 valence electrons. The molecule has 0 aliphatic carbocycles. The van der Waals surface area contributed by atoms with Gasteiger partial charge in [-0.3, -0.25) is 4.79 Å². The van der Waals surface area contributed by atoms with Gasteiger partial charge in [0.2, 0.25) is 0 Å². The van der Waals surface area contributed by atoms with Crippen molar-refractivity contribution >= 4 is 5.97 Å². The molecule has 0 radical (unpaired) electrons. The maximum atomic E-state index is 11.0. The molecule has 4 heteroatoms. The van der Waals surface area contributed by atoms with Gasteiger partial charge in [-0.25, -0.2) is 4.98 Å². The highest BCUT2D eigenvalue weighted by atomic mass is 16.5. The molecule has 0 spiro atoms. The van der Waals surface area contributed by atoms with Crippen molar-refractivity contribution in [1.29, 1.82) is 0 Å². The van der Waals surface area contributed by atoms with Crippen LogP contribution in [0.1, 0.15) is 95.4 Å². The van der Waals surface area contributed by atoms with Crippen LogP contribution in [0.15, 0.2) is 10.8 Å². The minimum Gasteiger partial charge on any atom is -0.469 e. The van der Waals surface area contributed by atoms with Gasteiger partial charge in [0.15, 0.2) is 6.39 Å². The number of carbonyl (C=O) groups excluding carboxylic acids is 1. The van der Waals surface area contributed by atoms with Crippen LogP contribution in [0.2, 0.25) is 0 Å². The standard InChI is InChI=1S/C20H35NO3/c1-3-4-5-6-9-12-15-19-18(21-17-24-19)14-11-8-7-10-13-16-20(22)23-2/h17H,3-16H2,1-2H3. The fourth-order valence-corrected chi connectivity index (χ4v) is 2.96. The molecule has 1 aromatic heterocycles. The van der Waals surface area contributed by atoms with Gasteiger partial charge in [-0.05, 0) is 25.7 Å². The van der Waals surface area contributed by atoms with Gasteiger partial charge < -0.3 is 9.15 Å². The molecule has 24 heavy (non-hydrogen) atoms. The summed E-state index contributed by atoms with van der Waals surface area (Å²) in [5.74, 6) is 0.994. The zero-order valence-electron chi connectivity index (χ0n) is 15.6. The molecule has 0 N–H and O–H groups in total. The first kappa shape index (κ1) is 20.7. The van der Waals surface area contributed by atoms with E-state index < -0.39 is 0 Å². The van der Waals surface area contributed by atoms with Gasteiger partial charge in [-0.2, -0.15) is 0 Å². The number of hydrogen-bond acceptors (Lipinski definition) is 4. The average molecular weight is 338 g/mol. The Kier molecular flexibility index (Phi) is 12.1. The maximum Gasteiger partial charge on any atom is 0.305 e. The lowest BCUT2D eigenvalue weighted by Crippen LogP contribution is -1.99. The Hall–Kier alpha value is -1.32. The molecule has 0 aliphatic heterocycles. The second kappa shape index (κ2) is 14.1. The van der Waals surface area contributed by atoms with Crippen LogP contribution in [0, 0.1) is 0 Å². The lowest BCUT2D eigenvalue weighted by atomic mass is 10.0. The number of carbonyl (C=O) groups is 1. The molecule has 1 rings (SSSR count). The van der Waals surface area contributed by atoms with Crippen LogP contribution in [-0.2, 0) is 22.4 Å². The Bertz CT molecular complexity index is 428. The minimum absolute atomic E-state index is 0.100. The first-order chi connectivity index (χ1) is 11.8. The molecule has 0 atom stereocenters. The zero-order chi connectivity index (χ0) is 17.5. The summed E-state index contributed by atoms with van der Waals surface area (Å²) < 4.78 is 10.2. The van der Waals surface area contributed by atoms with Crippen molar-refractivity contribution < 1.29 is 13.9 Å². The van der Waals surface area contributed by atoms with Gasteiger partial charge in [-0.15, -0.1) is 0 Å². The predicted molar refractivity (Wildman–Crippen MR) is 97.0 cm³/mol. The van der Waals surface area contributed by atoms with E-state index in [-0.39, 0.29) is 5.97 Å². The van der Waals surface area contributed by atoms with Crippen LogP contribution in [0.25, 0.3) is 0 Å². The summed E-state index contributed by atoms with van der Waals surface area (Å²) in [6.45, 7) is 2.25. The Morgan fingerprint density at radius 3 is 2.29 bits per heavy atom. The lowest BCUT2D eigenvalue weighted by Gasteiger charge is -2.03. The third-order valence-electron chi connectivity index (χ3n) is 4.50. The van der Waals surface area contributed by atoms with Crippen molar-refractivity contribution in [3.05, 3.63) is 17.8 Å². The fourth-order valence-electron chi connectivity index (χ4n) is 2.96. The number of oxazole rings is 1. The maximum absolute atomic E-state index is 11.0. The van der Waals surface area contributed by atoms with Gasteiger partial charge in [0.1, 0.15) is 5.76 Å². The van der Waals surface area contributed by atoms with Crippen LogP contribution < -0.4 is 0 Å². The van der Waals surface area contributed by atoms with Crippen LogP contribution in [-0.4, -0.2) is 18.1 Å². The molecule has 0 saturated heterocycles. The summed E-state index contributed by atoms with van der Waals surface area (Å²) >= 11 is 0. The monoisotopic (exact) mass is 337 g/mol. The fraction of sp³-hybridized carbons (Fsp3) is 0.800. The number of esters is 1. The van der Waals surface area contributed by atoms with E-state index >= 15 is 0 Å². The topological polar surface area (TPSA) is 52.3 Å². The van der Waals surface area contributed by atoms with Crippen molar-refractivity contribution in [2.75, 3.05) is 7.11 Å². The third kappa shape index (κ3) is 9.74. The number of hydrogen-bond donors (Lipinski definition) is 0. The molecule has 0 aromatic carbocycles. The number of unbranched alkanes of at least 4 members (excludes halogenated alkanes) is 9. The van der Waals surface area contributed by atoms with E-state index in [1.807, 2.05) is 0 Å². The van der Waals surface area contributed by atoms with Crippen LogP contribution in [0.4, 0.5) is 0 Å². The molecular weight excluding hydrogens is 302 g/mol. The summed E-state index contributed by atoms with van der Waals surface area (Å²) in [4.78, 5) is 15.4. The van der Waals surface area contributed by atoms with Crippen LogP contribution in [0.3, 0.4) is 0 Å². The van der Waals surface area contributed by atoms with Crippen molar-refractivity contribution in [2.24, 2.45) is 0 Å². The van der Waals surface area contributed by atoms with Gasteiger partial charge in [0.05, 0.1) is 12.8 Å². The number of aromatic nitrogens is 1. The number of nitrogens with zero attached hydrogens (tertiary/aromatic N) is 1. The lowest BCUT2D eigenvalue weighted by molar-refractivity contribution is -0.140. The van der Waals surface area contributed by atoms with E-state index in [1.54, 1.807) is 6.39 Å². The van der Waals surface area contributed by atoms with Crippen LogP contribution in [0.5, 0.6) is 0 Å². The highest BCUT2D eigenvalue weighted by molar-refractivity contribution is 5.68. The Balaban J connectivity index is 2.05. The molecule has 0 amide bonds. The molecule has 1 aromatic rings. The first-order valence-corrected chi connectivity index (χ1v) is 9.76. The number of methoxy groups -OCH3 is 1. The molecule has 0 bridgehead atoms. The zero-order valence-corrected chi connectivity index (χ0v) is 15.6. The average Bonchev–Trinajstić information content (AvgIpc) is 3.04. The van der Waals surface area contributed by atoms with E-state index in [2.05, 4.69) is 16.6 Å². The van der Waals surface area contributed by atoms with Crippen molar-refractivity contribution in [2.45, 2.75) is 96.8 Å². The Morgan fingerprint density at radius 2 is 1.58 bits per heavy atom. The normalized spacial score (nSPS) is 10.9. The third-order valence-corrected chi connectivity index (χ3v) is 4.50. The quantitative estimate of drug-likeness (QED) is 0.307. The highest BCUT2D eigenvalue weighted by Gasteiger charge is 2.08. The van der Waals surface area contributed by atoms with Gasteiger partial charge in [0.25, 0.3) is 0 Å². The summed E-state index contributed by atoms with van der Waals surface area (Å²) in [5, 5.41) is 0. The van der Waals surface area contributed by atoms with E-state index in [4.69, 9.17) is 4.42 Å². The number of rotatable bonds is 15. The van der Waals surface area contributed by atoms with Gasteiger partial charge >= 0.3 is 5.97 Å². The summed E-state index contributed by atoms with van der Waals surface area (Å²) in [6.07, 6.45) is 17.6. The second-order valence-electron chi connectivity index (χ2n) is 6.58. The van der Waals surface area contributed by atoms with E-state index in [0.717, 1.165) is 43.6 Å². The molecule has 0 saturated carbocycles. The van der Waals surface area contributed by atoms with Gasteiger partial charge in [-0.1, -0.05) is 58.3 Å². The smallest absolute Gasteiger partial charge is 0.305 e. The highest BCUT2D eigenvalue weighted by Crippen LogP contribution is 2.16. The van der Waals surface area contributed by atoms with E-state index in [0.29, 0.717) is 6.42 Å². The SMILES string of the molecule is CCCCCCCCc1ocnc1CCCCCCCC(=O)OC. The van der Waals surface area contributed by atoms with Crippen molar-refractivity contribution in [3.8, 4) is 0 Å². The number of aryl methyl sites for hydroxylation is 2. The van der Waals surface area contributed by atoms with Gasteiger partial charge in [0, 0.05) is 12.8 Å². The molecule has 4 nitrogen and oxygen atoms in total. The molecule has 0 unspecified atom stereocenters. The number of ether oxygens (including phenoxy) is 1. The second-order valence-corrected chi connectivity index (χ2v) is 6.58. The molecule has 0 fully saturated rings. The van der Waals surface area contributed by atoms with E-state index in [9.17, 15) is 4.79 Å². The minimum atomic E-state index is -0.100. The van der Waals surface area contributed by atoms with Crippen LogP contribution >= 0.6 is 0 Å². The summed E-state index contributed by atoms with van der Waals surface area (Å²) in [7, 11) is 1.45. The summed E-state index contributed by atoms with van der Waals surface area (Å²) in [5.41, 5.74) is 1.15. The van der Waals surface area contributed by atoms with Crippen molar-refractivity contribution in [3.63, 3.8) is 0 Å². The summed E-state index contributed by atoms with van der Waals surface area (Å²) in [6, 6.07) is 0. The predicted octanol–water partition coefficient (Wildman–Crippen LogP) is 5.63. The molecule has 0 aliphatic rings. The molecule has 1 heterocycles. The Labute approximate surface area is 147 Å². The molecular formula is C20H35NO3. The van der Waals surface area contributed by atoms with Crippen molar-refractivity contribution in [1.82, 2.24) is 4.98 Å². The largest absolute Gasteiger partial charge is 0.469 e.